The van der Waals surface area contributed by atoms with Crippen molar-refractivity contribution < 1.29 is 9.59 Å². The summed E-state index contributed by atoms with van der Waals surface area (Å²) in [4.78, 5) is 24.3. The third-order valence-corrected chi connectivity index (χ3v) is 4.94. The molecular formula is C19H27N3O2. The fourth-order valence-electron chi connectivity index (χ4n) is 3.19. The van der Waals surface area contributed by atoms with Crippen LogP contribution in [0.5, 0.6) is 0 Å². The first kappa shape index (κ1) is 16.8. The van der Waals surface area contributed by atoms with Crippen LogP contribution in [-0.2, 0) is 0 Å². The fraction of sp³-hybridized carbons (Fsp3) is 0.579. The second-order valence-corrected chi connectivity index (χ2v) is 7.12. The summed E-state index contributed by atoms with van der Waals surface area (Å²) in [7, 11) is 0. The Bertz CT molecular complexity index is 605. The molecule has 3 amide bonds. The summed E-state index contributed by atoms with van der Waals surface area (Å²) >= 11 is 0. The van der Waals surface area contributed by atoms with Gasteiger partial charge < -0.3 is 16.0 Å². The van der Waals surface area contributed by atoms with Crippen molar-refractivity contribution in [2.75, 3.05) is 11.9 Å². The molecule has 0 aromatic heterocycles. The topological polar surface area (TPSA) is 70.2 Å². The van der Waals surface area contributed by atoms with Gasteiger partial charge >= 0.3 is 6.03 Å². The summed E-state index contributed by atoms with van der Waals surface area (Å²) in [5.74, 6) is 0.532. The zero-order valence-electron chi connectivity index (χ0n) is 14.4. The largest absolute Gasteiger partial charge is 0.349 e. The number of rotatable bonds is 5. The molecule has 1 aromatic carbocycles. The van der Waals surface area contributed by atoms with E-state index in [-0.39, 0.29) is 11.9 Å². The van der Waals surface area contributed by atoms with Crippen LogP contribution in [0.3, 0.4) is 0 Å². The van der Waals surface area contributed by atoms with Gasteiger partial charge in [0, 0.05) is 23.8 Å². The number of carbonyl (C=O) groups excluding carboxylic acids is 2. The van der Waals surface area contributed by atoms with Gasteiger partial charge in [-0.05, 0) is 56.2 Å². The van der Waals surface area contributed by atoms with E-state index in [0.717, 1.165) is 24.9 Å². The molecule has 2 aliphatic carbocycles. The molecule has 3 rings (SSSR count). The normalized spacial score (nSPS) is 18.0. The number of hydrogen-bond donors (Lipinski definition) is 3. The van der Waals surface area contributed by atoms with Gasteiger partial charge in [-0.3, -0.25) is 4.79 Å². The Kier molecular flexibility index (Phi) is 5.38. The number of amides is 3. The van der Waals surface area contributed by atoms with E-state index >= 15 is 0 Å². The molecule has 0 aliphatic heterocycles. The molecule has 5 heteroatoms. The van der Waals surface area contributed by atoms with Crippen LogP contribution in [0.1, 0.15) is 60.9 Å². The maximum atomic E-state index is 12.2. The van der Waals surface area contributed by atoms with Gasteiger partial charge in [-0.15, -0.1) is 0 Å². The molecule has 0 spiro atoms. The predicted octanol–water partition coefficient (Wildman–Crippen LogP) is 3.59. The Morgan fingerprint density at radius 1 is 1.08 bits per heavy atom. The molecule has 0 unspecified atom stereocenters. The van der Waals surface area contributed by atoms with Crippen molar-refractivity contribution in [2.24, 2.45) is 5.92 Å². The molecular weight excluding hydrogens is 302 g/mol. The minimum atomic E-state index is -0.191. The summed E-state index contributed by atoms with van der Waals surface area (Å²) in [5, 5.41) is 8.82. The van der Waals surface area contributed by atoms with Gasteiger partial charge in [-0.1, -0.05) is 25.3 Å². The maximum absolute atomic E-state index is 12.2. The highest BCUT2D eigenvalue weighted by Crippen LogP contribution is 2.23. The summed E-state index contributed by atoms with van der Waals surface area (Å²) in [6.07, 6.45) is 8.39. The van der Waals surface area contributed by atoms with E-state index in [2.05, 4.69) is 16.0 Å². The Balaban J connectivity index is 1.54. The Morgan fingerprint density at radius 3 is 2.54 bits per heavy atom. The van der Waals surface area contributed by atoms with Crippen LogP contribution in [-0.4, -0.2) is 24.5 Å². The smallest absolute Gasteiger partial charge is 0.319 e. The molecule has 0 saturated heterocycles. The molecule has 130 valence electrons. The van der Waals surface area contributed by atoms with E-state index < -0.39 is 0 Å². The van der Waals surface area contributed by atoms with Crippen molar-refractivity contribution in [2.45, 2.75) is 57.9 Å². The van der Waals surface area contributed by atoms with Gasteiger partial charge in [0.15, 0.2) is 0 Å². The predicted molar refractivity (Wildman–Crippen MR) is 95.3 cm³/mol. The van der Waals surface area contributed by atoms with Crippen molar-refractivity contribution in [1.82, 2.24) is 10.6 Å². The van der Waals surface area contributed by atoms with Gasteiger partial charge in [0.1, 0.15) is 0 Å². The third-order valence-electron chi connectivity index (χ3n) is 4.94. The van der Waals surface area contributed by atoms with Crippen molar-refractivity contribution in [3.8, 4) is 0 Å². The number of nitrogens with one attached hydrogen (secondary N) is 3. The third kappa shape index (κ3) is 4.73. The molecule has 2 saturated carbocycles. The quantitative estimate of drug-likeness (QED) is 0.772. The van der Waals surface area contributed by atoms with E-state index in [1.807, 2.05) is 13.0 Å². The average molecular weight is 329 g/mol. The second kappa shape index (κ2) is 7.69. The van der Waals surface area contributed by atoms with Crippen LogP contribution >= 0.6 is 0 Å². The lowest BCUT2D eigenvalue weighted by atomic mass is 9.89. The fourth-order valence-corrected chi connectivity index (χ4v) is 3.19. The zero-order chi connectivity index (χ0) is 16.9. The van der Waals surface area contributed by atoms with Gasteiger partial charge in [-0.25, -0.2) is 4.79 Å². The lowest BCUT2D eigenvalue weighted by Crippen LogP contribution is -2.34. The molecule has 0 bridgehead atoms. The molecule has 5 nitrogen and oxygen atoms in total. The monoisotopic (exact) mass is 329 g/mol. The molecule has 24 heavy (non-hydrogen) atoms. The summed E-state index contributed by atoms with van der Waals surface area (Å²) in [5.41, 5.74) is 2.24. The van der Waals surface area contributed by atoms with Crippen LogP contribution in [0, 0.1) is 12.8 Å². The van der Waals surface area contributed by atoms with E-state index in [9.17, 15) is 9.59 Å². The number of urea groups is 1. The minimum absolute atomic E-state index is 0.0665. The summed E-state index contributed by atoms with van der Waals surface area (Å²) in [6, 6.07) is 5.57. The van der Waals surface area contributed by atoms with Crippen LogP contribution in [0.2, 0.25) is 0 Å². The first-order valence-corrected chi connectivity index (χ1v) is 9.08. The number of carbonyl (C=O) groups is 2. The van der Waals surface area contributed by atoms with E-state index in [0.29, 0.717) is 23.2 Å². The lowest BCUT2D eigenvalue weighted by molar-refractivity contribution is 0.0951. The van der Waals surface area contributed by atoms with E-state index in [4.69, 9.17) is 0 Å². The first-order valence-electron chi connectivity index (χ1n) is 9.08. The molecule has 3 N–H and O–H groups in total. The van der Waals surface area contributed by atoms with Gasteiger partial charge in [0.25, 0.3) is 5.91 Å². The highest BCUT2D eigenvalue weighted by Gasteiger charge is 2.24. The summed E-state index contributed by atoms with van der Waals surface area (Å²) < 4.78 is 0. The zero-order valence-corrected chi connectivity index (χ0v) is 14.4. The SMILES string of the molecule is Cc1ccc(C(=O)NC2CC2)cc1NC(=O)NCC1CCCCC1. The van der Waals surface area contributed by atoms with Crippen LogP contribution in [0.25, 0.3) is 0 Å². The van der Waals surface area contributed by atoms with Gasteiger partial charge in [0.2, 0.25) is 0 Å². The Hall–Kier alpha value is -2.04. The highest BCUT2D eigenvalue weighted by molar-refractivity contribution is 5.97. The van der Waals surface area contributed by atoms with Crippen molar-refractivity contribution >= 4 is 17.6 Å². The van der Waals surface area contributed by atoms with Crippen LogP contribution < -0.4 is 16.0 Å². The molecule has 0 radical (unpaired) electrons. The number of hydrogen-bond acceptors (Lipinski definition) is 2. The minimum Gasteiger partial charge on any atom is -0.349 e. The Labute approximate surface area is 143 Å². The summed E-state index contributed by atoms with van der Waals surface area (Å²) in [6.45, 7) is 2.66. The first-order chi connectivity index (χ1) is 11.6. The number of aryl methyl sites for hydroxylation is 1. The molecule has 2 aliphatic rings. The average Bonchev–Trinajstić information content (AvgIpc) is 3.40. The van der Waals surface area contributed by atoms with Gasteiger partial charge in [-0.2, -0.15) is 0 Å². The van der Waals surface area contributed by atoms with Gasteiger partial charge in [0.05, 0.1) is 0 Å². The standard InChI is InChI=1S/C19H27N3O2/c1-13-7-8-15(18(23)21-16-9-10-16)11-17(13)22-19(24)20-12-14-5-3-2-4-6-14/h7-8,11,14,16H,2-6,9-10,12H2,1H3,(H,21,23)(H2,20,22,24). The molecule has 2 fully saturated rings. The molecule has 0 heterocycles. The lowest BCUT2D eigenvalue weighted by Gasteiger charge is -2.22. The Morgan fingerprint density at radius 2 is 1.83 bits per heavy atom. The maximum Gasteiger partial charge on any atom is 0.319 e. The van der Waals surface area contributed by atoms with E-state index in [1.54, 1.807) is 12.1 Å². The number of anilines is 1. The van der Waals surface area contributed by atoms with Crippen molar-refractivity contribution in [3.63, 3.8) is 0 Å². The van der Waals surface area contributed by atoms with Crippen LogP contribution in [0.4, 0.5) is 10.5 Å². The number of benzene rings is 1. The second-order valence-electron chi connectivity index (χ2n) is 7.12. The molecule has 1 aromatic rings. The highest BCUT2D eigenvalue weighted by atomic mass is 16.2. The van der Waals surface area contributed by atoms with Crippen molar-refractivity contribution in [1.29, 1.82) is 0 Å². The van der Waals surface area contributed by atoms with E-state index in [1.165, 1.54) is 32.1 Å². The van der Waals surface area contributed by atoms with Crippen molar-refractivity contribution in [3.05, 3.63) is 29.3 Å². The van der Waals surface area contributed by atoms with Crippen LogP contribution in [0.15, 0.2) is 18.2 Å². The molecule has 0 atom stereocenters.